The van der Waals surface area contributed by atoms with E-state index in [4.69, 9.17) is 14.6 Å². The molecule has 0 aliphatic carbocycles. The molecule has 1 fully saturated rings. The number of carboxylic acid groups (broad SMARTS) is 1. The molecule has 1 aliphatic heterocycles. The maximum absolute atomic E-state index is 11.5. The van der Waals surface area contributed by atoms with E-state index < -0.39 is 11.5 Å². The minimum absolute atomic E-state index is 0.238. The first-order valence-corrected chi connectivity index (χ1v) is 12.1. The topological polar surface area (TPSA) is 122 Å². The number of nitriles is 1. The number of rotatable bonds is 8. The molecule has 0 amide bonds. The van der Waals surface area contributed by atoms with Gasteiger partial charge in [0.2, 0.25) is 5.88 Å². The number of carbonyl (C=O) groups is 1. The van der Waals surface area contributed by atoms with Crippen LogP contribution in [0.15, 0.2) is 60.8 Å². The number of ether oxygens (including phenoxy) is 2. The zero-order chi connectivity index (χ0) is 25.8. The summed E-state index contributed by atoms with van der Waals surface area (Å²) in [5, 5.41) is 28.0. The van der Waals surface area contributed by atoms with Gasteiger partial charge in [0.05, 0.1) is 35.7 Å². The first-order chi connectivity index (χ1) is 18.0. The van der Waals surface area contributed by atoms with Crippen LogP contribution in [0.4, 0.5) is 11.5 Å². The molecule has 2 aromatic carbocycles. The van der Waals surface area contributed by atoms with Crippen molar-refractivity contribution in [1.29, 1.82) is 5.26 Å². The lowest BCUT2D eigenvalue weighted by Gasteiger charge is -2.36. The van der Waals surface area contributed by atoms with Gasteiger partial charge in [0.25, 0.3) is 0 Å². The average Bonchev–Trinajstić information content (AvgIpc) is 3.28. The molecule has 1 unspecified atom stereocenters. The molecule has 2 aromatic heterocycles. The summed E-state index contributed by atoms with van der Waals surface area (Å²) < 4.78 is 13.9. The van der Waals surface area contributed by atoms with Crippen LogP contribution in [0, 0.1) is 18.3 Å². The molecule has 1 saturated heterocycles. The highest BCUT2D eigenvalue weighted by Gasteiger charge is 2.38. The smallest absolute Gasteiger partial charge is 0.335 e. The van der Waals surface area contributed by atoms with Crippen molar-refractivity contribution in [2.75, 3.05) is 18.5 Å². The monoisotopic (exact) mass is 497 g/mol. The van der Waals surface area contributed by atoms with Crippen molar-refractivity contribution in [3.63, 3.8) is 0 Å². The van der Waals surface area contributed by atoms with E-state index in [2.05, 4.69) is 16.4 Å². The number of hydrogen-bond donors (Lipinski definition) is 2. The van der Waals surface area contributed by atoms with Crippen molar-refractivity contribution in [1.82, 2.24) is 14.8 Å². The summed E-state index contributed by atoms with van der Waals surface area (Å²) in [5.74, 6) is -0.0512. The van der Waals surface area contributed by atoms with Gasteiger partial charge in [0.1, 0.15) is 12.0 Å². The Morgan fingerprint density at radius 2 is 2.11 bits per heavy atom. The highest BCUT2D eigenvalue weighted by molar-refractivity contribution is 5.96. The lowest BCUT2D eigenvalue weighted by molar-refractivity contribution is -0.00174. The van der Waals surface area contributed by atoms with Crippen molar-refractivity contribution in [2.45, 2.75) is 38.3 Å². The first kappa shape index (κ1) is 24.3. The number of aromatic carboxylic acids is 1. The molecule has 9 heteroatoms. The molecular formula is C28H27N5O4. The number of hydrogen-bond acceptors (Lipinski definition) is 7. The molecule has 5 rings (SSSR count). The SMILES string of the molecule is Cc1cc(Nc2nn(C3(CC#N)CCCOC3)c3ccnc(OCc4ccccc4)c23)ccc1C(=O)O. The summed E-state index contributed by atoms with van der Waals surface area (Å²) in [6.45, 7) is 3.12. The van der Waals surface area contributed by atoms with Crippen LogP contribution in [-0.2, 0) is 16.9 Å². The Labute approximate surface area is 214 Å². The lowest BCUT2D eigenvalue weighted by atomic mass is 9.89. The lowest BCUT2D eigenvalue weighted by Crippen LogP contribution is -2.42. The number of benzene rings is 2. The summed E-state index contributed by atoms with van der Waals surface area (Å²) in [5.41, 5.74) is 2.71. The zero-order valence-electron chi connectivity index (χ0n) is 20.5. The fourth-order valence-electron chi connectivity index (χ4n) is 4.80. The fraction of sp³-hybridized carbons (Fsp3) is 0.286. The maximum Gasteiger partial charge on any atom is 0.335 e. The van der Waals surface area contributed by atoms with Crippen LogP contribution in [0.3, 0.4) is 0 Å². The van der Waals surface area contributed by atoms with Crippen LogP contribution in [0.25, 0.3) is 10.9 Å². The van der Waals surface area contributed by atoms with Gasteiger partial charge in [-0.25, -0.2) is 9.78 Å². The number of carboxylic acids is 1. The van der Waals surface area contributed by atoms with Gasteiger partial charge < -0.3 is 19.9 Å². The number of nitrogens with zero attached hydrogens (tertiary/aromatic N) is 4. The highest BCUT2D eigenvalue weighted by Crippen LogP contribution is 2.39. The van der Waals surface area contributed by atoms with Crippen molar-refractivity contribution in [2.24, 2.45) is 0 Å². The third kappa shape index (κ3) is 4.84. The molecule has 4 aromatic rings. The average molecular weight is 498 g/mol. The van der Waals surface area contributed by atoms with Gasteiger partial charge in [-0.1, -0.05) is 30.3 Å². The van der Waals surface area contributed by atoms with E-state index in [1.807, 2.05) is 41.1 Å². The molecule has 2 N–H and O–H groups in total. The molecule has 0 spiro atoms. The minimum atomic E-state index is -0.977. The number of aryl methyl sites for hydroxylation is 1. The van der Waals surface area contributed by atoms with Gasteiger partial charge in [0.15, 0.2) is 5.82 Å². The summed E-state index contributed by atoms with van der Waals surface area (Å²) >= 11 is 0. The second-order valence-corrected chi connectivity index (χ2v) is 9.22. The molecule has 9 nitrogen and oxygen atoms in total. The highest BCUT2D eigenvalue weighted by atomic mass is 16.5. The third-order valence-corrected chi connectivity index (χ3v) is 6.66. The van der Waals surface area contributed by atoms with Crippen molar-refractivity contribution in [3.8, 4) is 11.9 Å². The van der Waals surface area contributed by atoms with Crippen LogP contribution >= 0.6 is 0 Å². The number of nitrogens with one attached hydrogen (secondary N) is 1. The fourth-order valence-corrected chi connectivity index (χ4v) is 4.80. The maximum atomic E-state index is 11.5. The van der Waals surface area contributed by atoms with E-state index in [9.17, 15) is 15.2 Å². The van der Waals surface area contributed by atoms with Gasteiger partial charge >= 0.3 is 5.97 Å². The Morgan fingerprint density at radius 1 is 1.27 bits per heavy atom. The van der Waals surface area contributed by atoms with Crippen molar-refractivity contribution in [3.05, 3.63) is 77.5 Å². The second kappa shape index (κ2) is 10.3. The Hall–Kier alpha value is -4.42. The van der Waals surface area contributed by atoms with Gasteiger partial charge in [-0.3, -0.25) is 4.68 Å². The van der Waals surface area contributed by atoms with Crippen LogP contribution in [0.1, 0.15) is 40.7 Å². The normalized spacial score (nSPS) is 17.3. The van der Waals surface area contributed by atoms with Crippen LogP contribution in [0.5, 0.6) is 5.88 Å². The molecule has 0 bridgehead atoms. The van der Waals surface area contributed by atoms with Gasteiger partial charge in [0, 0.05) is 18.5 Å². The van der Waals surface area contributed by atoms with Crippen LogP contribution < -0.4 is 10.1 Å². The third-order valence-electron chi connectivity index (χ3n) is 6.66. The first-order valence-electron chi connectivity index (χ1n) is 12.1. The summed E-state index contributed by atoms with van der Waals surface area (Å²) in [7, 11) is 0. The molecule has 0 saturated carbocycles. The minimum Gasteiger partial charge on any atom is -0.478 e. The molecule has 0 radical (unpaired) electrons. The summed E-state index contributed by atoms with van der Waals surface area (Å²) in [6, 6.07) is 19.1. The van der Waals surface area contributed by atoms with E-state index in [-0.39, 0.29) is 12.0 Å². The van der Waals surface area contributed by atoms with E-state index in [0.717, 1.165) is 23.9 Å². The second-order valence-electron chi connectivity index (χ2n) is 9.22. The number of pyridine rings is 1. The number of anilines is 2. The summed E-state index contributed by atoms with van der Waals surface area (Å²) in [4.78, 5) is 16.0. The molecule has 188 valence electrons. The van der Waals surface area contributed by atoms with Crippen molar-refractivity contribution < 1.29 is 19.4 Å². The van der Waals surface area contributed by atoms with Gasteiger partial charge in [-0.2, -0.15) is 10.4 Å². The van der Waals surface area contributed by atoms with Crippen LogP contribution in [0.2, 0.25) is 0 Å². The Morgan fingerprint density at radius 3 is 2.81 bits per heavy atom. The Kier molecular flexibility index (Phi) is 6.75. The van der Waals surface area contributed by atoms with Crippen LogP contribution in [-0.4, -0.2) is 39.1 Å². The van der Waals surface area contributed by atoms with E-state index in [1.165, 1.54) is 0 Å². The molecule has 1 aliphatic rings. The quantitative estimate of drug-likeness (QED) is 0.341. The number of fused-ring (bicyclic) bond motifs is 1. The standard InChI is InChI=1S/C28H27N5O4/c1-19-16-21(8-9-22(19)27(34)35)31-25-24-23(33(32-25)28(12-13-29)11-5-15-36-18-28)10-14-30-26(24)37-17-20-6-3-2-4-7-20/h2-4,6-10,14,16H,5,11-12,15,17-18H2,1H3,(H,31,32)(H,34,35). The zero-order valence-corrected chi connectivity index (χ0v) is 20.5. The van der Waals surface area contributed by atoms with E-state index in [0.29, 0.717) is 48.2 Å². The van der Waals surface area contributed by atoms with Gasteiger partial charge in [-0.05, 0) is 55.2 Å². The largest absolute Gasteiger partial charge is 0.478 e. The predicted octanol–water partition coefficient (Wildman–Crippen LogP) is 5.18. The molecule has 3 heterocycles. The molecular weight excluding hydrogens is 470 g/mol. The van der Waals surface area contributed by atoms with E-state index >= 15 is 0 Å². The van der Waals surface area contributed by atoms with Crippen molar-refractivity contribution >= 4 is 28.4 Å². The Bertz CT molecular complexity index is 1470. The Balaban J connectivity index is 1.61. The van der Waals surface area contributed by atoms with E-state index in [1.54, 1.807) is 31.3 Å². The molecule has 37 heavy (non-hydrogen) atoms. The number of aromatic nitrogens is 3. The molecule has 1 atom stereocenters. The summed E-state index contributed by atoms with van der Waals surface area (Å²) in [6.07, 6.45) is 3.51. The predicted molar refractivity (Wildman–Crippen MR) is 138 cm³/mol. The van der Waals surface area contributed by atoms with Gasteiger partial charge in [-0.15, -0.1) is 0 Å².